The summed E-state index contributed by atoms with van der Waals surface area (Å²) in [5, 5.41) is 6.28. The van der Waals surface area contributed by atoms with E-state index >= 15 is 0 Å². The first kappa shape index (κ1) is 21.2. The minimum atomic E-state index is -0.538. The highest BCUT2D eigenvalue weighted by molar-refractivity contribution is 6.44. The number of hydrogen-bond acceptors (Lipinski definition) is 3. The van der Waals surface area contributed by atoms with Crippen LogP contribution in [0.25, 0.3) is 0 Å². The second kappa shape index (κ2) is 9.22. The average Bonchev–Trinajstić information content (AvgIpc) is 2.62. The lowest BCUT2D eigenvalue weighted by Gasteiger charge is -2.24. The summed E-state index contributed by atoms with van der Waals surface area (Å²) in [6.07, 6.45) is 0. The van der Waals surface area contributed by atoms with Gasteiger partial charge in [0.2, 0.25) is 11.8 Å². The van der Waals surface area contributed by atoms with E-state index in [0.29, 0.717) is 10.7 Å². The third kappa shape index (κ3) is 5.45. The molecular formula is C20H23Cl2N3O2. The molecule has 0 saturated heterocycles. The normalized spacial score (nSPS) is 12.0. The first-order chi connectivity index (χ1) is 12.7. The summed E-state index contributed by atoms with van der Waals surface area (Å²) < 4.78 is 0. The van der Waals surface area contributed by atoms with Crippen LogP contribution in [0.4, 0.5) is 11.4 Å². The average molecular weight is 408 g/mol. The van der Waals surface area contributed by atoms with Crippen molar-refractivity contribution in [3.63, 3.8) is 0 Å². The summed E-state index contributed by atoms with van der Waals surface area (Å²) in [5.74, 6) is -0.465. The molecule has 27 heavy (non-hydrogen) atoms. The Morgan fingerprint density at radius 2 is 1.67 bits per heavy atom. The van der Waals surface area contributed by atoms with Crippen LogP contribution in [0.3, 0.4) is 0 Å². The summed E-state index contributed by atoms with van der Waals surface area (Å²) in [5.41, 5.74) is 3.34. The number of nitrogens with zero attached hydrogens (tertiary/aromatic N) is 1. The topological polar surface area (TPSA) is 61.4 Å². The Morgan fingerprint density at radius 1 is 1.04 bits per heavy atom. The van der Waals surface area contributed by atoms with Gasteiger partial charge in [-0.15, -0.1) is 0 Å². The zero-order chi connectivity index (χ0) is 20.1. The van der Waals surface area contributed by atoms with Crippen molar-refractivity contribution in [3.8, 4) is 0 Å². The lowest BCUT2D eigenvalue weighted by Crippen LogP contribution is -2.43. The number of rotatable bonds is 6. The van der Waals surface area contributed by atoms with Crippen LogP contribution in [0.15, 0.2) is 36.4 Å². The zero-order valence-electron chi connectivity index (χ0n) is 15.8. The SMILES string of the molecule is Cc1cccc(NC(=O)CN(C)[C@H](C)C(=O)Nc2cccc(Cl)c2Cl)c1C. The van der Waals surface area contributed by atoms with Crippen LogP contribution >= 0.6 is 23.2 Å². The molecule has 0 spiro atoms. The van der Waals surface area contributed by atoms with E-state index in [1.54, 1.807) is 37.1 Å². The molecule has 144 valence electrons. The number of anilines is 2. The van der Waals surface area contributed by atoms with Gasteiger partial charge in [0.1, 0.15) is 0 Å². The highest BCUT2D eigenvalue weighted by Crippen LogP contribution is 2.29. The lowest BCUT2D eigenvalue weighted by atomic mass is 10.1. The molecule has 0 fully saturated rings. The fourth-order valence-electron chi connectivity index (χ4n) is 2.48. The van der Waals surface area contributed by atoms with Crippen molar-refractivity contribution < 1.29 is 9.59 Å². The van der Waals surface area contributed by atoms with E-state index in [1.807, 2.05) is 32.0 Å². The molecule has 7 heteroatoms. The van der Waals surface area contributed by atoms with Gasteiger partial charge in [-0.1, -0.05) is 41.4 Å². The molecule has 0 heterocycles. The van der Waals surface area contributed by atoms with E-state index in [2.05, 4.69) is 10.6 Å². The summed E-state index contributed by atoms with van der Waals surface area (Å²) in [6.45, 7) is 5.74. The maximum atomic E-state index is 12.5. The van der Waals surface area contributed by atoms with E-state index in [9.17, 15) is 9.59 Å². The van der Waals surface area contributed by atoms with Gasteiger partial charge < -0.3 is 10.6 Å². The number of benzene rings is 2. The van der Waals surface area contributed by atoms with Crippen molar-refractivity contribution in [1.82, 2.24) is 4.90 Å². The second-order valence-electron chi connectivity index (χ2n) is 6.48. The van der Waals surface area contributed by atoms with Crippen LogP contribution in [-0.4, -0.2) is 36.3 Å². The Labute approximate surface area is 169 Å². The van der Waals surface area contributed by atoms with E-state index in [1.165, 1.54) is 0 Å². The summed E-state index contributed by atoms with van der Waals surface area (Å²) in [6, 6.07) is 10.2. The Kier molecular flexibility index (Phi) is 7.25. The van der Waals surface area contributed by atoms with Gasteiger partial charge >= 0.3 is 0 Å². The Balaban J connectivity index is 1.96. The van der Waals surface area contributed by atoms with Crippen LogP contribution in [-0.2, 0) is 9.59 Å². The molecule has 0 aliphatic carbocycles. The first-order valence-electron chi connectivity index (χ1n) is 8.52. The zero-order valence-corrected chi connectivity index (χ0v) is 17.3. The Bertz CT molecular complexity index is 855. The van der Waals surface area contributed by atoms with Crippen molar-refractivity contribution in [2.24, 2.45) is 0 Å². The molecule has 2 amide bonds. The fraction of sp³-hybridized carbons (Fsp3) is 0.300. The van der Waals surface area contributed by atoms with E-state index in [-0.39, 0.29) is 23.4 Å². The van der Waals surface area contributed by atoms with E-state index in [0.717, 1.165) is 16.8 Å². The number of amides is 2. The smallest absolute Gasteiger partial charge is 0.241 e. The van der Waals surface area contributed by atoms with Crippen LogP contribution < -0.4 is 10.6 Å². The predicted octanol–water partition coefficient (Wildman–Crippen LogP) is 4.51. The van der Waals surface area contributed by atoms with Gasteiger partial charge in [0.25, 0.3) is 0 Å². The summed E-state index contributed by atoms with van der Waals surface area (Å²) in [7, 11) is 1.71. The first-order valence-corrected chi connectivity index (χ1v) is 9.27. The summed E-state index contributed by atoms with van der Waals surface area (Å²) >= 11 is 12.1. The largest absolute Gasteiger partial charge is 0.325 e. The molecule has 2 aromatic carbocycles. The summed E-state index contributed by atoms with van der Waals surface area (Å²) in [4.78, 5) is 26.5. The lowest BCUT2D eigenvalue weighted by molar-refractivity contribution is -0.122. The standard InChI is InChI=1S/C20H23Cl2N3O2/c1-12-7-5-9-16(13(12)2)23-18(26)11-25(4)14(3)20(27)24-17-10-6-8-15(21)19(17)22/h5-10,14H,11H2,1-4H3,(H,23,26)(H,24,27)/t14-/m1/s1. The maximum Gasteiger partial charge on any atom is 0.241 e. The van der Waals surface area contributed by atoms with Gasteiger partial charge in [-0.2, -0.15) is 0 Å². The Morgan fingerprint density at radius 3 is 2.37 bits per heavy atom. The van der Waals surface area contributed by atoms with Crippen LogP contribution in [0, 0.1) is 13.8 Å². The Hall–Kier alpha value is -2.08. The minimum Gasteiger partial charge on any atom is -0.325 e. The second-order valence-corrected chi connectivity index (χ2v) is 7.26. The van der Waals surface area contributed by atoms with Crippen molar-refractivity contribution in [2.45, 2.75) is 26.8 Å². The molecule has 0 aliphatic heterocycles. The number of nitrogens with one attached hydrogen (secondary N) is 2. The molecule has 0 bridgehead atoms. The van der Waals surface area contributed by atoms with Gasteiger partial charge in [-0.3, -0.25) is 14.5 Å². The van der Waals surface area contributed by atoms with Gasteiger partial charge in [0, 0.05) is 5.69 Å². The quantitative estimate of drug-likeness (QED) is 0.740. The molecular weight excluding hydrogens is 385 g/mol. The van der Waals surface area contributed by atoms with Crippen molar-refractivity contribution >= 4 is 46.4 Å². The highest BCUT2D eigenvalue weighted by atomic mass is 35.5. The monoisotopic (exact) mass is 407 g/mol. The highest BCUT2D eigenvalue weighted by Gasteiger charge is 2.21. The van der Waals surface area contributed by atoms with Gasteiger partial charge in [-0.05, 0) is 57.1 Å². The number of aryl methyl sites for hydroxylation is 1. The maximum absolute atomic E-state index is 12.5. The molecule has 0 unspecified atom stereocenters. The van der Waals surface area contributed by atoms with Crippen molar-refractivity contribution in [3.05, 3.63) is 57.6 Å². The molecule has 2 N–H and O–H groups in total. The van der Waals surface area contributed by atoms with E-state index < -0.39 is 6.04 Å². The molecule has 0 radical (unpaired) electrons. The molecule has 0 aromatic heterocycles. The number of carbonyl (C=O) groups excluding carboxylic acids is 2. The van der Waals surface area contributed by atoms with Crippen molar-refractivity contribution in [2.75, 3.05) is 24.2 Å². The predicted molar refractivity (Wildman–Crippen MR) is 112 cm³/mol. The van der Waals surface area contributed by atoms with Crippen LogP contribution in [0.1, 0.15) is 18.1 Å². The van der Waals surface area contributed by atoms with Gasteiger partial charge in [0.05, 0.1) is 28.3 Å². The molecule has 5 nitrogen and oxygen atoms in total. The van der Waals surface area contributed by atoms with Crippen molar-refractivity contribution in [1.29, 1.82) is 0 Å². The third-order valence-corrected chi connectivity index (χ3v) is 5.34. The molecule has 0 saturated carbocycles. The molecule has 1 atom stereocenters. The van der Waals surface area contributed by atoms with Crippen LogP contribution in [0.5, 0.6) is 0 Å². The number of halogens is 2. The fourth-order valence-corrected chi connectivity index (χ4v) is 2.83. The molecule has 2 rings (SSSR count). The van der Waals surface area contributed by atoms with Crippen LogP contribution in [0.2, 0.25) is 10.0 Å². The molecule has 2 aromatic rings. The molecule has 0 aliphatic rings. The van der Waals surface area contributed by atoms with Gasteiger partial charge in [0.15, 0.2) is 0 Å². The van der Waals surface area contributed by atoms with E-state index in [4.69, 9.17) is 23.2 Å². The number of carbonyl (C=O) groups is 2. The number of hydrogen-bond donors (Lipinski definition) is 2. The minimum absolute atomic E-state index is 0.0746. The van der Waals surface area contributed by atoms with Gasteiger partial charge in [-0.25, -0.2) is 0 Å². The third-order valence-electron chi connectivity index (χ3n) is 4.52. The number of likely N-dealkylation sites (N-methyl/N-ethyl adjacent to an activating group) is 1.